The number of nitrogens with one attached hydrogen (secondary N) is 2. The van der Waals surface area contributed by atoms with E-state index in [0.717, 1.165) is 16.6 Å². The molecule has 0 aliphatic rings. The van der Waals surface area contributed by atoms with Gasteiger partial charge in [-0.25, -0.2) is 9.97 Å². The molecule has 148 valence electrons. The van der Waals surface area contributed by atoms with E-state index in [1.54, 1.807) is 24.3 Å². The molecule has 1 heterocycles. The van der Waals surface area contributed by atoms with Gasteiger partial charge < -0.3 is 10.6 Å². The molecule has 0 spiro atoms. The fourth-order valence-corrected chi connectivity index (χ4v) is 3.05. The summed E-state index contributed by atoms with van der Waals surface area (Å²) in [4.78, 5) is 33.3. The Bertz CT molecular complexity index is 1250. The van der Waals surface area contributed by atoms with E-state index < -0.39 is 5.91 Å². The molecule has 0 bridgehead atoms. The Morgan fingerprint density at radius 2 is 1.60 bits per heavy atom. The topological polar surface area (TPSA) is 84.0 Å². The maximum absolute atomic E-state index is 12.8. The summed E-state index contributed by atoms with van der Waals surface area (Å²) in [6.45, 7) is 3.50. The lowest BCUT2D eigenvalue weighted by atomic mass is 10.1. The lowest BCUT2D eigenvalue weighted by Gasteiger charge is -2.11. The van der Waals surface area contributed by atoms with Crippen molar-refractivity contribution in [1.29, 1.82) is 0 Å². The molecule has 3 aromatic carbocycles. The number of carbonyl (C=O) groups is 2. The smallest absolute Gasteiger partial charge is 0.293 e. The summed E-state index contributed by atoms with van der Waals surface area (Å²) in [5.74, 6) is 0.0645. The largest absolute Gasteiger partial charge is 0.340 e. The molecule has 0 saturated heterocycles. The van der Waals surface area contributed by atoms with Gasteiger partial charge in [0.05, 0.1) is 5.52 Å². The number of benzene rings is 3. The SMILES string of the molecule is CC(=O)c1cccc(NC(=O)c2nc(Nc3ccc(C)cc3)c3ccccc3n2)c1. The average Bonchev–Trinajstić information content (AvgIpc) is 2.75. The number of ketones is 1. The first-order chi connectivity index (χ1) is 14.5. The highest BCUT2D eigenvalue weighted by Gasteiger charge is 2.15. The number of aryl methyl sites for hydroxylation is 1. The average molecular weight is 396 g/mol. The number of para-hydroxylation sites is 1. The Morgan fingerprint density at radius 3 is 2.37 bits per heavy atom. The maximum Gasteiger partial charge on any atom is 0.293 e. The number of nitrogens with zero attached hydrogens (tertiary/aromatic N) is 2. The standard InChI is InChI=1S/C24H20N4O2/c1-15-10-12-18(13-11-15)25-22-20-8-3-4-9-21(20)27-23(28-22)24(30)26-19-7-5-6-17(14-19)16(2)29/h3-14H,1-2H3,(H,26,30)(H,25,27,28). The second-order valence-corrected chi connectivity index (χ2v) is 7.00. The summed E-state index contributed by atoms with van der Waals surface area (Å²) in [5.41, 5.74) is 3.71. The van der Waals surface area contributed by atoms with E-state index in [2.05, 4.69) is 20.6 Å². The molecule has 6 heteroatoms. The zero-order chi connectivity index (χ0) is 21.1. The van der Waals surface area contributed by atoms with Gasteiger partial charge in [0.15, 0.2) is 5.78 Å². The molecule has 0 atom stereocenters. The molecule has 2 N–H and O–H groups in total. The van der Waals surface area contributed by atoms with E-state index in [1.165, 1.54) is 6.92 Å². The molecule has 6 nitrogen and oxygen atoms in total. The van der Waals surface area contributed by atoms with Crippen LogP contribution in [0.1, 0.15) is 33.5 Å². The molecule has 0 saturated carbocycles. The number of aromatic nitrogens is 2. The number of anilines is 3. The van der Waals surface area contributed by atoms with Crippen molar-refractivity contribution < 1.29 is 9.59 Å². The van der Waals surface area contributed by atoms with Crippen LogP contribution in [0.5, 0.6) is 0 Å². The lowest BCUT2D eigenvalue weighted by Crippen LogP contribution is -2.17. The molecule has 1 aromatic heterocycles. The van der Waals surface area contributed by atoms with Crippen molar-refractivity contribution in [2.75, 3.05) is 10.6 Å². The van der Waals surface area contributed by atoms with Crippen LogP contribution in [0.3, 0.4) is 0 Å². The van der Waals surface area contributed by atoms with Crippen molar-refractivity contribution in [3.8, 4) is 0 Å². The van der Waals surface area contributed by atoms with Gasteiger partial charge in [0.2, 0.25) is 5.82 Å². The van der Waals surface area contributed by atoms with Gasteiger partial charge in [-0.15, -0.1) is 0 Å². The molecule has 4 aromatic rings. The van der Waals surface area contributed by atoms with E-state index in [0.29, 0.717) is 22.6 Å². The first-order valence-electron chi connectivity index (χ1n) is 9.52. The van der Waals surface area contributed by atoms with Gasteiger partial charge in [0, 0.05) is 22.3 Å². The van der Waals surface area contributed by atoms with Gasteiger partial charge in [-0.2, -0.15) is 0 Å². The molecular formula is C24H20N4O2. The highest BCUT2D eigenvalue weighted by molar-refractivity contribution is 6.05. The minimum absolute atomic E-state index is 0.0385. The Balaban J connectivity index is 1.68. The Hall–Kier alpha value is -4.06. The molecule has 1 amide bonds. The van der Waals surface area contributed by atoms with Gasteiger partial charge in [-0.1, -0.05) is 42.0 Å². The second-order valence-electron chi connectivity index (χ2n) is 7.00. The third kappa shape index (κ3) is 4.17. The molecule has 0 aliphatic carbocycles. The molecule has 0 unspecified atom stereocenters. The number of fused-ring (bicyclic) bond motifs is 1. The summed E-state index contributed by atoms with van der Waals surface area (Å²) in [6.07, 6.45) is 0. The number of hydrogen-bond donors (Lipinski definition) is 2. The van der Waals surface area contributed by atoms with Crippen molar-refractivity contribution >= 4 is 39.8 Å². The van der Waals surface area contributed by atoms with Crippen LogP contribution in [0.15, 0.2) is 72.8 Å². The minimum Gasteiger partial charge on any atom is -0.340 e. The van der Waals surface area contributed by atoms with Crippen LogP contribution in [0.25, 0.3) is 10.9 Å². The van der Waals surface area contributed by atoms with Crippen LogP contribution in [0, 0.1) is 6.92 Å². The summed E-state index contributed by atoms with van der Waals surface area (Å²) in [7, 11) is 0. The van der Waals surface area contributed by atoms with E-state index in [-0.39, 0.29) is 11.6 Å². The highest BCUT2D eigenvalue weighted by Crippen LogP contribution is 2.24. The van der Waals surface area contributed by atoms with Crippen molar-refractivity contribution in [2.24, 2.45) is 0 Å². The van der Waals surface area contributed by atoms with Crippen molar-refractivity contribution in [3.63, 3.8) is 0 Å². The van der Waals surface area contributed by atoms with E-state index in [1.807, 2.05) is 55.5 Å². The molecule has 4 rings (SSSR count). The second kappa shape index (κ2) is 8.13. The van der Waals surface area contributed by atoms with E-state index in [9.17, 15) is 9.59 Å². The predicted molar refractivity (Wildman–Crippen MR) is 118 cm³/mol. The first-order valence-corrected chi connectivity index (χ1v) is 9.52. The molecular weight excluding hydrogens is 376 g/mol. The fraction of sp³-hybridized carbons (Fsp3) is 0.0833. The number of hydrogen-bond acceptors (Lipinski definition) is 5. The molecule has 0 fully saturated rings. The normalized spacial score (nSPS) is 10.6. The quantitative estimate of drug-likeness (QED) is 0.457. The minimum atomic E-state index is -0.451. The Morgan fingerprint density at radius 1 is 0.833 bits per heavy atom. The molecule has 30 heavy (non-hydrogen) atoms. The van der Waals surface area contributed by atoms with Gasteiger partial charge in [-0.05, 0) is 50.2 Å². The van der Waals surface area contributed by atoms with Crippen LogP contribution < -0.4 is 10.6 Å². The number of Topliss-reactive ketones (excluding diaryl/α,β-unsaturated/α-hetero) is 1. The first kappa shape index (κ1) is 19.3. The summed E-state index contributed by atoms with van der Waals surface area (Å²) in [6, 6.07) is 22.2. The van der Waals surface area contributed by atoms with Gasteiger partial charge in [0.25, 0.3) is 5.91 Å². The lowest BCUT2D eigenvalue weighted by molar-refractivity contribution is 0.100. The molecule has 0 aliphatic heterocycles. The highest BCUT2D eigenvalue weighted by atomic mass is 16.2. The zero-order valence-corrected chi connectivity index (χ0v) is 16.6. The summed E-state index contributed by atoms with van der Waals surface area (Å²) in [5, 5.41) is 6.87. The van der Waals surface area contributed by atoms with Crippen LogP contribution in [-0.2, 0) is 0 Å². The molecule has 0 radical (unpaired) electrons. The van der Waals surface area contributed by atoms with Crippen LogP contribution in [-0.4, -0.2) is 21.7 Å². The summed E-state index contributed by atoms with van der Waals surface area (Å²) >= 11 is 0. The monoisotopic (exact) mass is 396 g/mol. The van der Waals surface area contributed by atoms with Crippen LogP contribution in [0.4, 0.5) is 17.2 Å². The summed E-state index contributed by atoms with van der Waals surface area (Å²) < 4.78 is 0. The maximum atomic E-state index is 12.8. The van der Waals surface area contributed by atoms with Gasteiger partial charge in [0.1, 0.15) is 5.82 Å². The van der Waals surface area contributed by atoms with Gasteiger partial charge >= 0.3 is 0 Å². The Kier molecular flexibility index (Phi) is 5.22. The van der Waals surface area contributed by atoms with Crippen LogP contribution >= 0.6 is 0 Å². The predicted octanol–water partition coefficient (Wildman–Crippen LogP) is 5.14. The van der Waals surface area contributed by atoms with E-state index >= 15 is 0 Å². The fourth-order valence-electron chi connectivity index (χ4n) is 3.05. The van der Waals surface area contributed by atoms with E-state index in [4.69, 9.17) is 0 Å². The van der Waals surface area contributed by atoms with Crippen LogP contribution in [0.2, 0.25) is 0 Å². The number of rotatable bonds is 5. The third-order valence-corrected chi connectivity index (χ3v) is 4.65. The van der Waals surface area contributed by atoms with Gasteiger partial charge in [-0.3, -0.25) is 9.59 Å². The van der Waals surface area contributed by atoms with Crippen molar-refractivity contribution in [3.05, 3.63) is 89.7 Å². The number of carbonyl (C=O) groups excluding carboxylic acids is 2. The van der Waals surface area contributed by atoms with Crippen molar-refractivity contribution in [2.45, 2.75) is 13.8 Å². The third-order valence-electron chi connectivity index (χ3n) is 4.65. The number of amides is 1. The zero-order valence-electron chi connectivity index (χ0n) is 16.6. The Labute approximate surface area is 174 Å². The van der Waals surface area contributed by atoms with Crippen molar-refractivity contribution in [1.82, 2.24) is 9.97 Å².